The Kier molecular flexibility index (Phi) is 7.35. The van der Waals surface area contributed by atoms with Gasteiger partial charge in [-0.15, -0.1) is 0 Å². The van der Waals surface area contributed by atoms with E-state index in [-0.39, 0.29) is 0 Å². The maximum absolute atomic E-state index is 6.38. The van der Waals surface area contributed by atoms with Crippen molar-refractivity contribution in [3.8, 4) is 11.5 Å². The Morgan fingerprint density at radius 3 is 2.17 bits per heavy atom. The number of rotatable bonds is 8. The molecule has 0 bridgehead atoms. The van der Waals surface area contributed by atoms with Crippen molar-refractivity contribution in [3.63, 3.8) is 0 Å². The summed E-state index contributed by atoms with van der Waals surface area (Å²) in [6, 6.07) is 9.00. The molecule has 6 heteroatoms. The van der Waals surface area contributed by atoms with Crippen LogP contribution in [-0.2, 0) is 6.54 Å². The van der Waals surface area contributed by atoms with E-state index in [1.807, 2.05) is 25.1 Å². The van der Waals surface area contributed by atoms with E-state index < -0.39 is 0 Å². The third-order valence-corrected chi connectivity index (χ3v) is 4.01. The van der Waals surface area contributed by atoms with Gasteiger partial charge in [-0.3, -0.25) is 0 Å². The molecule has 2 aromatic rings. The average Bonchev–Trinajstić information content (AvgIpc) is 2.52. The lowest BCUT2D eigenvalue weighted by atomic mass is 10.2. The third-order valence-electron chi connectivity index (χ3n) is 3.22. The monoisotopic (exact) mass is 387 g/mol. The summed E-state index contributed by atoms with van der Waals surface area (Å²) in [5, 5.41) is 5.04. The minimum atomic E-state index is 0.517. The number of ether oxygens (including phenoxy) is 2. The van der Waals surface area contributed by atoms with Gasteiger partial charge in [-0.05, 0) is 43.2 Å². The Balaban J connectivity index is 2.18. The molecule has 1 N–H and O–H groups in total. The predicted molar refractivity (Wildman–Crippen MR) is 102 cm³/mol. The zero-order valence-electron chi connectivity index (χ0n) is 13.7. The average molecular weight is 389 g/mol. The maximum Gasteiger partial charge on any atom is 0.162 e. The molecule has 0 aliphatic rings. The van der Waals surface area contributed by atoms with Crippen LogP contribution in [0, 0.1) is 0 Å². The van der Waals surface area contributed by atoms with Crippen LogP contribution in [0.4, 0.5) is 5.69 Å². The highest BCUT2D eigenvalue weighted by atomic mass is 35.5. The molecule has 0 aliphatic heterocycles. The number of halogens is 3. The molecule has 0 saturated carbocycles. The summed E-state index contributed by atoms with van der Waals surface area (Å²) in [4.78, 5) is 0. The standard InChI is InChI=1S/C18H20Cl3NO2/c1-3-5-24-18-10-16(21)12(6-17(18)23-4-2)11-22-15-8-13(19)7-14(20)9-15/h6-10,22H,3-5,11H2,1-2H3. The van der Waals surface area contributed by atoms with Crippen LogP contribution in [0.3, 0.4) is 0 Å². The highest BCUT2D eigenvalue weighted by molar-refractivity contribution is 6.35. The van der Waals surface area contributed by atoms with Crippen LogP contribution in [0.1, 0.15) is 25.8 Å². The van der Waals surface area contributed by atoms with E-state index in [0.29, 0.717) is 46.3 Å². The summed E-state index contributed by atoms with van der Waals surface area (Å²) in [6.45, 7) is 5.68. The highest BCUT2D eigenvalue weighted by Gasteiger charge is 2.11. The first kappa shape index (κ1) is 19.0. The third kappa shape index (κ3) is 5.37. The van der Waals surface area contributed by atoms with Crippen LogP contribution in [0.5, 0.6) is 11.5 Å². The first-order valence-electron chi connectivity index (χ1n) is 7.81. The Hall–Kier alpha value is -1.29. The second-order valence-corrected chi connectivity index (χ2v) is 6.46. The topological polar surface area (TPSA) is 30.5 Å². The van der Waals surface area contributed by atoms with Crippen LogP contribution in [0.15, 0.2) is 30.3 Å². The lowest BCUT2D eigenvalue weighted by Gasteiger charge is -2.15. The molecular weight excluding hydrogens is 369 g/mol. The smallest absolute Gasteiger partial charge is 0.162 e. The van der Waals surface area contributed by atoms with Gasteiger partial charge >= 0.3 is 0 Å². The van der Waals surface area contributed by atoms with Crippen LogP contribution < -0.4 is 14.8 Å². The molecule has 0 aromatic heterocycles. The fourth-order valence-electron chi connectivity index (χ4n) is 2.16. The Bertz CT molecular complexity index is 672. The van der Waals surface area contributed by atoms with Crippen molar-refractivity contribution >= 4 is 40.5 Å². The Morgan fingerprint density at radius 2 is 1.54 bits per heavy atom. The van der Waals surface area contributed by atoms with E-state index in [1.54, 1.807) is 12.1 Å². The molecule has 2 aromatic carbocycles. The predicted octanol–water partition coefficient (Wildman–Crippen LogP) is 6.45. The molecule has 0 fully saturated rings. The molecule has 130 valence electrons. The summed E-state index contributed by atoms with van der Waals surface area (Å²) < 4.78 is 11.4. The lowest BCUT2D eigenvalue weighted by molar-refractivity contribution is 0.276. The molecule has 0 heterocycles. The quantitative estimate of drug-likeness (QED) is 0.564. The molecule has 0 spiro atoms. The van der Waals surface area contributed by atoms with E-state index in [2.05, 4.69) is 12.2 Å². The minimum absolute atomic E-state index is 0.517. The SMILES string of the molecule is CCCOc1cc(Cl)c(CNc2cc(Cl)cc(Cl)c2)cc1OCC. The molecule has 0 saturated heterocycles. The summed E-state index contributed by atoms with van der Waals surface area (Å²) in [6.07, 6.45) is 0.919. The molecule has 3 nitrogen and oxygen atoms in total. The van der Waals surface area contributed by atoms with Crippen molar-refractivity contribution in [3.05, 3.63) is 51.0 Å². The number of nitrogens with one attached hydrogen (secondary N) is 1. The van der Waals surface area contributed by atoms with E-state index in [4.69, 9.17) is 44.3 Å². The molecule has 0 aliphatic carbocycles. The maximum atomic E-state index is 6.38. The van der Waals surface area contributed by atoms with Crippen LogP contribution in [0.25, 0.3) is 0 Å². The van der Waals surface area contributed by atoms with Crippen molar-refractivity contribution in [2.24, 2.45) is 0 Å². The normalized spacial score (nSPS) is 10.5. The molecule has 0 amide bonds. The van der Waals surface area contributed by atoms with Gasteiger partial charge < -0.3 is 14.8 Å². The lowest BCUT2D eigenvalue weighted by Crippen LogP contribution is -2.04. The van der Waals surface area contributed by atoms with Crippen LogP contribution in [-0.4, -0.2) is 13.2 Å². The fraction of sp³-hybridized carbons (Fsp3) is 0.333. The fourth-order valence-corrected chi connectivity index (χ4v) is 2.91. The summed E-state index contributed by atoms with van der Waals surface area (Å²) in [5.41, 5.74) is 1.73. The highest BCUT2D eigenvalue weighted by Crippen LogP contribution is 2.34. The van der Waals surface area contributed by atoms with Crippen molar-refractivity contribution in [2.45, 2.75) is 26.8 Å². The van der Waals surface area contributed by atoms with Gasteiger partial charge in [0.25, 0.3) is 0 Å². The zero-order valence-corrected chi connectivity index (χ0v) is 15.9. The van der Waals surface area contributed by atoms with Crippen molar-refractivity contribution in [2.75, 3.05) is 18.5 Å². The van der Waals surface area contributed by atoms with Crippen LogP contribution in [0.2, 0.25) is 15.1 Å². The molecule has 0 radical (unpaired) electrons. The second-order valence-electron chi connectivity index (χ2n) is 5.18. The largest absolute Gasteiger partial charge is 0.490 e. The summed E-state index contributed by atoms with van der Waals surface area (Å²) in [5.74, 6) is 1.36. The number of hydrogen-bond acceptors (Lipinski definition) is 3. The van der Waals surface area contributed by atoms with Crippen molar-refractivity contribution in [1.82, 2.24) is 0 Å². The Labute approximate surface area is 157 Å². The molecular formula is C18H20Cl3NO2. The summed E-state index contributed by atoms with van der Waals surface area (Å²) in [7, 11) is 0. The first-order valence-corrected chi connectivity index (χ1v) is 8.94. The molecule has 2 rings (SSSR count). The van der Waals surface area contributed by atoms with E-state index in [0.717, 1.165) is 17.7 Å². The van der Waals surface area contributed by atoms with Gasteiger partial charge in [0.2, 0.25) is 0 Å². The summed E-state index contributed by atoms with van der Waals surface area (Å²) >= 11 is 18.4. The van der Waals surface area contributed by atoms with Gasteiger partial charge in [-0.1, -0.05) is 41.7 Å². The number of benzene rings is 2. The molecule has 24 heavy (non-hydrogen) atoms. The van der Waals surface area contributed by atoms with Crippen molar-refractivity contribution in [1.29, 1.82) is 0 Å². The van der Waals surface area contributed by atoms with E-state index in [9.17, 15) is 0 Å². The van der Waals surface area contributed by atoms with Gasteiger partial charge in [0.05, 0.1) is 13.2 Å². The molecule has 0 unspecified atom stereocenters. The first-order chi connectivity index (χ1) is 11.5. The number of anilines is 1. The minimum Gasteiger partial charge on any atom is -0.490 e. The van der Waals surface area contributed by atoms with Crippen molar-refractivity contribution < 1.29 is 9.47 Å². The van der Waals surface area contributed by atoms with E-state index in [1.165, 1.54) is 0 Å². The van der Waals surface area contributed by atoms with Gasteiger partial charge in [0.15, 0.2) is 11.5 Å². The second kappa shape index (κ2) is 9.26. The van der Waals surface area contributed by atoms with Gasteiger partial charge in [0.1, 0.15) is 0 Å². The van der Waals surface area contributed by atoms with Gasteiger partial charge in [0, 0.05) is 33.4 Å². The van der Waals surface area contributed by atoms with Gasteiger partial charge in [-0.2, -0.15) is 0 Å². The Morgan fingerprint density at radius 1 is 0.875 bits per heavy atom. The molecule has 0 atom stereocenters. The number of hydrogen-bond donors (Lipinski definition) is 1. The van der Waals surface area contributed by atoms with E-state index >= 15 is 0 Å². The van der Waals surface area contributed by atoms with Crippen LogP contribution >= 0.6 is 34.8 Å². The zero-order chi connectivity index (χ0) is 17.5. The van der Waals surface area contributed by atoms with Gasteiger partial charge in [-0.25, -0.2) is 0 Å².